The first-order valence-electron chi connectivity index (χ1n) is 14.5. The van der Waals surface area contributed by atoms with E-state index in [4.69, 9.17) is 9.05 Å². The van der Waals surface area contributed by atoms with Gasteiger partial charge in [0.2, 0.25) is 5.91 Å². The van der Waals surface area contributed by atoms with Crippen LogP contribution >= 0.6 is 7.60 Å². The number of carbonyl (C=O) groups excluding carboxylic acids is 1. The van der Waals surface area contributed by atoms with Crippen molar-refractivity contribution in [3.8, 4) is 0 Å². The highest BCUT2D eigenvalue weighted by atomic mass is 31.2. The third-order valence-corrected chi connectivity index (χ3v) is 8.63. The maximum atomic E-state index is 13.9. The Bertz CT molecular complexity index is 1490. The lowest BCUT2D eigenvalue weighted by atomic mass is 10.0. The summed E-state index contributed by atoms with van der Waals surface area (Å²) in [5.41, 5.74) is 3.15. The molecule has 0 aliphatic carbocycles. The number of nitrogens with zero attached hydrogens (tertiary/aromatic N) is 1. The molecule has 2 atom stereocenters. The minimum atomic E-state index is -3.66. The van der Waals surface area contributed by atoms with E-state index in [1.807, 2.05) is 93.6 Å². The number of aromatic nitrogens is 1. The summed E-state index contributed by atoms with van der Waals surface area (Å²) in [6.45, 7) is 6.13. The van der Waals surface area contributed by atoms with Crippen LogP contribution in [-0.2, 0) is 38.0 Å². The van der Waals surface area contributed by atoms with E-state index in [1.54, 1.807) is 18.3 Å². The van der Waals surface area contributed by atoms with Crippen molar-refractivity contribution in [3.05, 3.63) is 108 Å². The minimum Gasteiger partial charge on any atom is -0.464 e. The van der Waals surface area contributed by atoms with E-state index in [0.717, 1.165) is 22.1 Å². The number of fused-ring (bicyclic) bond motifs is 1. The summed E-state index contributed by atoms with van der Waals surface area (Å²) in [4.78, 5) is 25.2. The van der Waals surface area contributed by atoms with Crippen molar-refractivity contribution in [2.75, 3.05) is 6.29 Å². The second-order valence-corrected chi connectivity index (χ2v) is 13.2. The van der Waals surface area contributed by atoms with Gasteiger partial charge in [-0.2, -0.15) is 0 Å². The average Bonchev–Trinajstić information content (AvgIpc) is 3.36. The van der Waals surface area contributed by atoms with Gasteiger partial charge in [-0.25, -0.2) is 4.79 Å². The van der Waals surface area contributed by atoms with Gasteiger partial charge >= 0.3 is 13.7 Å². The molecule has 10 heteroatoms. The lowest BCUT2D eigenvalue weighted by Gasteiger charge is -2.25. The minimum absolute atomic E-state index is 0.108. The topological polar surface area (TPSA) is 119 Å². The molecule has 4 rings (SSSR count). The van der Waals surface area contributed by atoms with Gasteiger partial charge in [0.1, 0.15) is 0 Å². The highest BCUT2D eigenvalue weighted by Gasteiger charge is 2.29. The molecule has 9 nitrogen and oxygen atoms in total. The van der Waals surface area contributed by atoms with Crippen molar-refractivity contribution in [1.82, 2.24) is 15.2 Å². The van der Waals surface area contributed by atoms with E-state index in [0.29, 0.717) is 18.4 Å². The second kappa shape index (κ2) is 15.1. The molecular weight excluding hydrogens is 565 g/mol. The predicted octanol–water partition coefficient (Wildman–Crippen LogP) is 6.80. The summed E-state index contributed by atoms with van der Waals surface area (Å²) < 4.78 is 26.9. The van der Waals surface area contributed by atoms with E-state index in [9.17, 15) is 19.3 Å². The van der Waals surface area contributed by atoms with Crippen LogP contribution in [0.3, 0.4) is 0 Å². The van der Waals surface area contributed by atoms with Crippen LogP contribution in [0.2, 0.25) is 0 Å². The van der Waals surface area contributed by atoms with Gasteiger partial charge in [-0.1, -0.05) is 92.7 Å². The van der Waals surface area contributed by atoms with Crippen LogP contribution in [0.5, 0.6) is 0 Å². The molecule has 0 saturated heterocycles. The monoisotopic (exact) mass is 605 g/mol. The van der Waals surface area contributed by atoms with Gasteiger partial charge in [0.15, 0.2) is 0 Å². The Morgan fingerprint density at radius 3 is 1.98 bits per heavy atom. The summed E-state index contributed by atoms with van der Waals surface area (Å²) in [7, 11) is -3.66. The quantitative estimate of drug-likeness (QED) is 0.128. The standard InChI is InChI=1S/C33H40N3O6P/c1-24(2)18-30(32(37)35-25(3)19-28-20-36(33(38)39)31-17-11-10-16-29(28)31)34-23-43(40,41-21-26-12-6-4-7-13-26)42-22-27-14-8-5-9-15-27/h4-17,20,24-25,30,34H,18-19,21-23H2,1-3H3,(H,35,37)(H,38,39)/t25-,30+/m1/s1. The molecule has 4 aromatic rings. The summed E-state index contributed by atoms with van der Waals surface area (Å²) >= 11 is 0. The van der Waals surface area contributed by atoms with Crippen LogP contribution in [0.25, 0.3) is 10.9 Å². The molecule has 0 bridgehead atoms. The Kier molecular flexibility index (Phi) is 11.3. The van der Waals surface area contributed by atoms with Crippen molar-refractivity contribution in [3.63, 3.8) is 0 Å². The van der Waals surface area contributed by atoms with Crippen molar-refractivity contribution >= 4 is 30.5 Å². The van der Waals surface area contributed by atoms with Crippen LogP contribution < -0.4 is 10.6 Å². The molecule has 3 aromatic carbocycles. The van der Waals surface area contributed by atoms with Gasteiger partial charge in [-0.3, -0.25) is 19.2 Å². The van der Waals surface area contributed by atoms with Crippen molar-refractivity contribution in [2.24, 2.45) is 5.92 Å². The average molecular weight is 606 g/mol. The molecule has 1 aromatic heterocycles. The fourth-order valence-electron chi connectivity index (χ4n) is 4.89. The number of nitrogens with one attached hydrogen (secondary N) is 2. The summed E-state index contributed by atoms with van der Waals surface area (Å²) in [6.07, 6.45) is 1.35. The maximum Gasteiger partial charge on any atom is 0.416 e. The molecule has 43 heavy (non-hydrogen) atoms. The first-order chi connectivity index (χ1) is 20.6. The summed E-state index contributed by atoms with van der Waals surface area (Å²) in [6, 6.07) is 25.3. The molecule has 0 saturated carbocycles. The molecule has 3 N–H and O–H groups in total. The number of para-hydroxylation sites is 1. The van der Waals surface area contributed by atoms with Gasteiger partial charge in [0.05, 0.1) is 31.1 Å². The molecule has 0 radical (unpaired) electrons. The van der Waals surface area contributed by atoms with Crippen LogP contribution in [0.4, 0.5) is 4.79 Å². The van der Waals surface area contributed by atoms with Crippen molar-refractivity contribution in [1.29, 1.82) is 0 Å². The third-order valence-electron chi connectivity index (χ3n) is 7.01. The Balaban J connectivity index is 1.44. The van der Waals surface area contributed by atoms with E-state index in [1.165, 1.54) is 4.57 Å². The van der Waals surface area contributed by atoms with Crippen LogP contribution in [-0.4, -0.2) is 40.0 Å². The van der Waals surface area contributed by atoms with Crippen LogP contribution in [0.1, 0.15) is 43.9 Å². The number of benzene rings is 3. The molecule has 0 aliphatic rings. The zero-order chi connectivity index (χ0) is 30.8. The van der Waals surface area contributed by atoms with E-state index in [-0.39, 0.29) is 37.4 Å². The van der Waals surface area contributed by atoms with Crippen molar-refractivity contribution in [2.45, 2.75) is 58.9 Å². The summed E-state index contributed by atoms with van der Waals surface area (Å²) in [5, 5.41) is 16.7. The molecule has 1 amide bonds. The third kappa shape index (κ3) is 9.37. The van der Waals surface area contributed by atoms with Gasteiger partial charge in [0.25, 0.3) is 0 Å². The Morgan fingerprint density at radius 1 is 0.860 bits per heavy atom. The highest BCUT2D eigenvalue weighted by molar-refractivity contribution is 7.53. The van der Waals surface area contributed by atoms with E-state index >= 15 is 0 Å². The number of hydrogen-bond donors (Lipinski definition) is 3. The molecule has 0 unspecified atom stereocenters. The van der Waals surface area contributed by atoms with Crippen molar-refractivity contribution < 1.29 is 28.3 Å². The van der Waals surface area contributed by atoms with Gasteiger partial charge in [-0.05, 0) is 48.4 Å². The highest BCUT2D eigenvalue weighted by Crippen LogP contribution is 2.48. The van der Waals surface area contributed by atoms with E-state index in [2.05, 4.69) is 10.6 Å². The van der Waals surface area contributed by atoms with Crippen LogP contribution in [0, 0.1) is 5.92 Å². The molecule has 228 valence electrons. The number of amides is 1. The molecule has 0 fully saturated rings. The Hall–Kier alpha value is -3.75. The predicted molar refractivity (Wildman–Crippen MR) is 168 cm³/mol. The lowest BCUT2D eigenvalue weighted by Crippen LogP contribution is -2.48. The van der Waals surface area contributed by atoms with E-state index < -0.39 is 19.7 Å². The normalized spacial score (nSPS) is 13.2. The SMILES string of the molecule is CC(C)C[C@H](NCP(=O)(OCc1ccccc1)OCc1ccccc1)C(=O)N[C@H](C)Cc1cn(C(=O)O)c2ccccc12. The number of hydrogen-bond acceptors (Lipinski definition) is 6. The smallest absolute Gasteiger partial charge is 0.416 e. The zero-order valence-electron chi connectivity index (χ0n) is 24.8. The first kappa shape index (κ1) is 32.2. The number of carboxylic acid groups (broad SMARTS) is 1. The number of carbonyl (C=O) groups is 2. The lowest BCUT2D eigenvalue weighted by molar-refractivity contribution is -0.124. The first-order valence-corrected chi connectivity index (χ1v) is 16.2. The largest absolute Gasteiger partial charge is 0.464 e. The Morgan fingerprint density at radius 2 is 1.42 bits per heavy atom. The number of rotatable bonds is 15. The maximum absolute atomic E-state index is 13.9. The van der Waals surface area contributed by atoms with Gasteiger partial charge < -0.3 is 19.5 Å². The molecular formula is C33H40N3O6P. The fraction of sp³-hybridized carbons (Fsp3) is 0.333. The second-order valence-electron chi connectivity index (χ2n) is 11.1. The summed E-state index contributed by atoms with van der Waals surface area (Å²) in [5.74, 6) is -0.0530. The van der Waals surface area contributed by atoms with Gasteiger partial charge in [0, 0.05) is 17.6 Å². The molecule has 1 heterocycles. The zero-order valence-corrected chi connectivity index (χ0v) is 25.7. The fourth-order valence-corrected chi connectivity index (χ4v) is 6.29. The van der Waals surface area contributed by atoms with Crippen LogP contribution in [0.15, 0.2) is 91.1 Å². The molecule has 0 aliphatic heterocycles. The van der Waals surface area contributed by atoms with Gasteiger partial charge in [-0.15, -0.1) is 0 Å². The molecule has 0 spiro atoms. The Labute approximate surface area is 252 Å².